The third-order valence-corrected chi connectivity index (χ3v) is 3.75. The highest BCUT2D eigenvalue weighted by Gasteiger charge is 2.40. The normalized spacial score (nSPS) is 22.0. The molecule has 1 saturated heterocycles. The zero-order valence-corrected chi connectivity index (χ0v) is 11.7. The van der Waals surface area contributed by atoms with Crippen LogP contribution in [0.5, 0.6) is 0 Å². The fraction of sp³-hybridized carbons (Fsp3) is 0.467. The standard InChI is InChI=1S/C15H19NO4/c1-3-10-4-6-11(7-5-10)14(17)16-9-12(20-2)8-13(16)15(18)19/h4-7,12-13H,3,8-9H2,1-2H3,(H,18,19). The van der Waals surface area contributed by atoms with E-state index in [4.69, 9.17) is 4.74 Å². The Balaban J connectivity index is 2.19. The summed E-state index contributed by atoms with van der Waals surface area (Å²) in [6.07, 6.45) is 1.03. The lowest BCUT2D eigenvalue weighted by molar-refractivity contribution is -0.141. The molecule has 5 heteroatoms. The first-order chi connectivity index (χ1) is 9.56. The summed E-state index contributed by atoms with van der Waals surface area (Å²) in [6.45, 7) is 2.36. The summed E-state index contributed by atoms with van der Waals surface area (Å²) in [7, 11) is 1.54. The van der Waals surface area contributed by atoms with Crippen LogP contribution in [0.4, 0.5) is 0 Å². The molecule has 1 amide bonds. The topological polar surface area (TPSA) is 66.8 Å². The highest BCUT2D eigenvalue weighted by atomic mass is 16.5. The summed E-state index contributed by atoms with van der Waals surface area (Å²) in [5.74, 6) is -1.23. The van der Waals surface area contributed by atoms with Gasteiger partial charge in [-0.25, -0.2) is 4.79 Å². The largest absolute Gasteiger partial charge is 0.480 e. The molecule has 1 aliphatic rings. The third-order valence-electron chi connectivity index (χ3n) is 3.75. The molecule has 108 valence electrons. The molecule has 0 aromatic heterocycles. The maximum Gasteiger partial charge on any atom is 0.326 e. The Labute approximate surface area is 118 Å². The second kappa shape index (κ2) is 6.05. The predicted octanol–water partition coefficient (Wildman–Crippen LogP) is 1.56. The first-order valence-corrected chi connectivity index (χ1v) is 6.72. The predicted molar refractivity (Wildman–Crippen MR) is 73.7 cm³/mol. The van der Waals surface area contributed by atoms with Crippen molar-refractivity contribution in [3.63, 3.8) is 0 Å². The SMILES string of the molecule is CCc1ccc(C(=O)N2CC(OC)CC2C(=O)O)cc1. The molecule has 0 saturated carbocycles. The van der Waals surface area contributed by atoms with Gasteiger partial charge in [-0.1, -0.05) is 19.1 Å². The fourth-order valence-corrected chi connectivity index (χ4v) is 2.48. The van der Waals surface area contributed by atoms with Gasteiger partial charge in [-0.2, -0.15) is 0 Å². The Morgan fingerprint density at radius 1 is 1.35 bits per heavy atom. The van der Waals surface area contributed by atoms with Gasteiger partial charge < -0.3 is 14.7 Å². The van der Waals surface area contributed by atoms with Crippen LogP contribution in [0, 0.1) is 0 Å². The number of aliphatic carboxylic acids is 1. The van der Waals surface area contributed by atoms with Crippen molar-refractivity contribution in [2.24, 2.45) is 0 Å². The molecular weight excluding hydrogens is 258 g/mol. The summed E-state index contributed by atoms with van der Waals surface area (Å²) in [5.41, 5.74) is 1.66. The Morgan fingerprint density at radius 3 is 2.50 bits per heavy atom. The lowest BCUT2D eigenvalue weighted by Gasteiger charge is -2.21. The Morgan fingerprint density at radius 2 is 2.00 bits per heavy atom. The zero-order chi connectivity index (χ0) is 14.7. The molecule has 2 unspecified atom stereocenters. The Bertz CT molecular complexity index is 497. The number of ether oxygens (including phenoxy) is 1. The van der Waals surface area contributed by atoms with Crippen molar-refractivity contribution in [1.29, 1.82) is 0 Å². The van der Waals surface area contributed by atoms with Crippen LogP contribution in [0.1, 0.15) is 29.3 Å². The third kappa shape index (κ3) is 2.82. The molecule has 0 bridgehead atoms. The minimum absolute atomic E-state index is 0.213. The summed E-state index contributed by atoms with van der Waals surface area (Å²) in [4.78, 5) is 25.1. The van der Waals surface area contributed by atoms with Crippen LogP contribution in [0.3, 0.4) is 0 Å². The molecule has 1 aliphatic heterocycles. The van der Waals surface area contributed by atoms with Gasteiger partial charge in [-0.05, 0) is 24.1 Å². The van der Waals surface area contributed by atoms with Crippen molar-refractivity contribution in [2.45, 2.75) is 31.9 Å². The van der Waals surface area contributed by atoms with Crippen LogP contribution >= 0.6 is 0 Å². The quantitative estimate of drug-likeness (QED) is 0.907. The van der Waals surface area contributed by atoms with Crippen molar-refractivity contribution in [3.05, 3.63) is 35.4 Å². The van der Waals surface area contributed by atoms with E-state index in [0.29, 0.717) is 18.5 Å². The average Bonchev–Trinajstić information content (AvgIpc) is 2.91. The van der Waals surface area contributed by atoms with Crippen LogP contribution < -0.4 is 0 Å². The Hall–Kier alpha value is -1.88. The lowest BCUT2D eigenvalue weighted by atomic mass is 10.1. The lowest BCUT2D eigenvalue weighted by Crippen LogP contribution is -2.40. The molecule has 2 atom stereocenters. The number of benzene rings is 1. The van der Waals surface area contributed by atoms with E-state index < -0.39 is 12.0 Å². The summed E-state index contributed by atoms with van der Waals surface area (Å²) in [5, 5.41) is 9.23. The van der Waals surface area contributed by atoms with Gasteiger partial charge in [0.25, 0.3) is 5.91 Å². The highest BCUT2D eigenvalue weighted by molar-refractivity contribution is 5.97. The molecule has 20 heavy (non-hydrogen) atoms. The number of likely N-dealkylation sites (tertiary alicyclic amines) is 1. The molecule has 2 rings (SSSR count). The van der Waals surface area contributed by atoms with E-state index in [2.05, 4.69) is 0 Å². The average molecular weight is 277 g/mol. The number of rotatable bonds is 4. The van der Waals surface area contributed by atoms with Crippen molar-refractivity contribution < 1.29 is 19.4 Å². The van der Waals surface area contributed by atoms with E-state index in [0.717, 1.165) is 12.0 Å². The second-order valence-electron chi connectivity index (χ2n) is 4.96. The molecule has 0 aliphatic carbocycles. The minimum Gasteiger partial charge on any atom is -0.480 e. The van der Waals surface area contributed by atoms with Crippen LogP contribution in [0.25, 0.3) is 0 Å². The second-order valence-corrected chi connectivity index (χ2v) is 4.96. The molecular formula is C15H19NO4. The number of hydrogen-bond donors (Lipinski definition) is 1. The van der Waals surface area contributed by atoms with Gasteiger partial charge in [0.15, 0.2) is 0 Å². The van der Waals surface area contributed by atoms with Gasteiger partial charge >= 0.3 is 5.97 Å². The van der Waals surface area contributed by atoms with Crippen molar-refractivity contribution in [2.75, 3.05) is 13.7 Å². The number of methoxy groups -OCH3 is 1. The summed E-state index contributed by atoms with van der Waals surface area (Å²) < 4.78 is 5.19. The van der Waals surface area contributed by atoms with Gasteiger partial charge in [0.1, 0.15) is 6.04 Å². The summed E-state index contributed by atoms with van der Waals surface area (Å²) >= 11 is 0. The maximum atomic E-state index is 12.4. The smallest absolute Gasteiger partial charge is 0.326 e. The minimum atomic E-state index is -0.983. The van der Waals surface area contributed by atoms with Gasteiger partial charge in [-0.15, -0.1) is 0 Å². The van der Waals surface area contributed by atoms with E-state index in [1.165, 1.54) is 12.0 Å². The molecule has 1 N–H and O–H groups in total. The number of carboxylic acids is 1. The first-order valence-electron chi connectivity index (χ1n) is 6.72. The van der Waals surface area contributed by atoms with E-state index in [1.54, 1.807) is 12.1 Å². The van der Waals surface area contributed by atoms with E-state index in [-0.39, 0.29) is 12.0 Å². The number of carbonyl (C=O) groups is 2. The number of nitrogens with zero attached hydrogens (tertiary/aromatic N) is 1. The van der Waals surface area contributed by atoms with Crippen LogP contribution in [-0.2, 0) is 16.0 Å². The molecule has 0 spiro atoms. The molecule has 5 nitrogen and oxygen atoms in total. The number of amides is 1. The fourth-order valence-electron chi connectivity index (χ4n) is 2.48. The number of carboxylic acid groups (broad SMARTS) is 1. The van der Waals surface area contributed by atoms with Crippen molar-refractivity contribution in [1.82, 2.24) is 4.90 Å². The molecule has 1 fully saturated rings. The van der Waals surface area contributed by atoms with Crippen LogP contribution in [0.2, 0.25) is 0 Å². The highest BCUT2D eigenvalue weighted by Crippen LogP contribution is 2.22. The van der Waals surface area contributed by atoms with E-state index in [1.807, 2.05) is 19.1 Å². The molecule has 0 radical (unpaired) electrons. The maximum absolute atomic E-state index is 12.4. The monoisotopic (exact) mass is 277 g/mol. The Kier molecular flexibility index (Phi) is 4.39. The van der Waals surface area contributed by atoms with Gasteiger partial charge in [0.05, 0.1) is 6.10 Å². The molecule has 1 heterocycles. The van der Waals surface area contributed by atoms with Crippen molar-refractivity contribution >= 4 is 11.9 Å². The number of hydrogen-bond acceptors (Lipinski definition) is 3. The van der Waals surface area contributed by atoms with Crippen LogP contribution in [0.15, 0.2) is 24.3 Å². The van der Waals surface area contributed by atoms with Gasteiger partial charge in [0.2, 0.25) is 0 Å². The van der Waals surface area contributed by atoms with E-state index in [9.17, 15) is 14.7 Å². The first kappa shape index (κ1) is 14.5. The van der Waals surface area contributed by atoms with Crippen LogP contribution in [-0.4, -0.2) is 47.7 Å². The van der Waals surface area contributed by atoms with Gasteiger partial charge in [0, 0.05) is 25.6 Å². The van der Waals surface area contributed by atoms with Crippen molar-refractivity contribution in [3.8, 4) is 0 Å². The summed E-state index contributed by atoms with van der Waals surface area (Å²) in [6, 6.07) is 6.48. The molecule has 1 aromatic carbocycles. The number of aryl methyl sites for hydroxylation is 1. The zero-order valence-electron chi connectivity index (χ0n) is 11.7. The van der Waals surface area contributed by atoms with E-state index >= 15 is 0 Å². The molecule has 1 aromatic rings. The van der Waals surface area contributed by atoms with Gasteiger partial charge in [-0.3, -0.25) is 4.79 Å². The number of carbonyl (C=O) groups excluding carboxylic acids is 1.